The highest BCUT2D eigenvalue weighted by Gasteiger charge is 2.27. The summed E-state index contributed by atoms with van der Waals surface area (Å²) in [5.74, 6) is 0.281. The van der Waals surface area contributed by atoms with Crippen molar-refractivity contribution in [2.45, 2.75) is 33.6 Å². The zero-order valence-electron chi connectivity index (χ0n) is 9.21. The Balaban J connectivity index is 2.81. The van der Waals surface area contributed by atoms with Gasteiger partial charge < -0.3 is 0 Å². The molecular weight excluding hydrogens is 172 g/mol. The molecule has 0 heterocycles. The molecule has 76 valence electrons. The van der Waals surface area contributed by atoms with Crippen LogP contribution in [0.5, 0.6) is 0 Å². The predicted molar refractivity (Wildman–Crippen MR) is 59.2 cm³/mol. The van der Waals surface area contributed by atoms with Gasteiger partial charge >= 0.3 is 0 Å². The molecule has 1 nitrogen and oxygen atoms in total. The first-order valence-corrected chi connectivity index (χ1v) is 5.13. The van der Waals surface area contributed by atoms with Crippen LogP contribution >= 0.6 is 0 Å². The van der Waals surface area contributed by atoms with Crippen LogP contribution in [0.15, 0.2) is 30.3 Å². The quantitative estimate of drug-likeness (QED) is 0.712. The van der Waals surface area contributed by atoms with Crippen molar-refractivity contribution in [2.24, 2.45) is 5.41 Å². The molecule has 0 bridgehead atoms. The van der Waals surface area contributed by atoms with Gasteiger partial charge in [0.05, 0.1) is 0 Å². The second-order valence-electron chi connectivity index (χ2n) is 4.13. The van der Waals surface area contributed by atoms with Crippen molar-refractivity contribution in [3.05, 3.63) is 35.9 Å². The van der Waals surface area contributed by atoms with Crippen LogP contribution in [0.1, 0.15) is 32.8 Å². The van der Waals surface area contributed by atoms with Gasteiger partial charge in [-0.3, -0.25) is 4.79 Å². The molecule has 1 atom stereocenters. The maximum Gasteiger partial charge on any atom is 0.136 e. The summed E-state index contributed by atoms with van der Waals surface area (Å²) >= 11 is 0. The Morgan fingerprint density at radius 2 is 1.86 bits per heavy atom. The molecule has 0 unspecified atom stereocenters. The van der Waals surface area contributed by atoms with Gasteiger partial charge in [0.15, 0.2) is 0 Å². The molecule has 0 aliphatic rings. The molecule has 0 aromatic heterocycles. The average molecular weight is 190 g/mol. The fraction of sp³-hybridized carbons (Fsp3) is 0.462. The summed E-state index contributed by atoms with van der Waals surface area (Å²) < 4.78 is 0. The molecular formula is C13H18O. The number of Topliss-reactive ketones (excluding diaryl/α,β-unsaturated/α-hetero) is 1. The van der Waals surface area contributed by atoms with E-state index >= 15 is 0 Å². The molecule has 0 aliphatic heterocycles. The van der Waals surface area contributed by atoms with Crippen molar-refractivity contribution in [1.29, 1.82) is 0 Å². The standard InChI is InChI=1S/C13H18O/c1-4-13(3,11(2)14)10-12-8-6-5-7-9-12/h5-9H,4,10H2,1-3H3/t13-/m1/s1. The number of hydrogen-bond acceptors (Lipinski definition) is 1. The Labute approximate surface area is 86.1 Å². The zero-order valence-corrected chi connectivity index (χ0v) is 9.21. The molecule has 0 fully saturated rings. The third kappa shape index (κ3) is 2.44. The number of carbonyl (C=O) groups is 1. The molecule has 0 aliphatic carbocycles. The van der Waals surface area contributed by atoms with Gasteiger partial charge in [0.25, 0.3) is 0 Å². The van der Waals surface area contributed by atoms with Crippen molar-refractivity contribution >= 4 is 5.78 Å². The topological polar surface area (TPSA) is 17.1 Å². The van der Waals surface area contributed by atoms with Crippen LogP contribution in [0.4, 0.5) is 0 Å². The normalized spacial score (nSPS) is 14.8. The largest absolute Gasteiger partial charge is 0.299 e. The van der Waals surface area contributed by atoms with E-state index in [1.54, 1.807) is 6.92 Å². The van der Waals surface area contributed by atoms with Crippen molar-refractivity contribution in [3.8, 4) is 0 Å². The molecule has 1 aromatic rings. The Hall–Kier alpha value is -1.11. The van der Waals surface area contributed by atoms with E-state index in [4.69, 9.17) is 0 Å². The van der Waals surface area contributed by atoms with E-state index in [9.17, 15) is 4.79 Å². The Bertz CT molecular complexity index is 302. The minimum absolute atomic E-state index is 0.193. The number of ketones is 1. The second-order valence-corrected chi connectivity index (χ2v) is 4.13. The monoisotopic (exact) mass is 190 g/mol. The number of benzene rings is 1. The maximum atomic E-state index is 11.5. The minimum Gasteiger partial charge on any atom is -0.299 e. The van der Waals surface area contributed by atoms with Crippen molar-refractivity contribution in [1.82, 2.24) is 0 Å². The Morgan fingerprint density at radius 3 is 2.29 bits per heavy atom. The molecule has 0 N–H and O–H groups in total. The molecule has 0 radical (unpaired) electrons. The molecule has 1 rings (SSSR count). The predicted octanol–water partition coefficient (Wildman–Crippen LogP) is 3.23. The molecule has 0 spiro atoms. The van der Waals surface area contributed by atoms with Gasteiger partial charge in [0.2, 0.25) is 0 Å². The summed E-state index contributed by atoms with van der Waals surface area (Å²) in [6, 6.07) is 10.2. The van der Waals surface area contributed by atoms with E-state index in [1.807, 2.05) is 25.1 Å². The van der Waals surface area contributed by atoms with Crippen LogP contribution in [0.3, 0.4) is 0 Å². The van der Waals surface area contributed by atoms with E-state index in [-0.39, 0.29) is 11.2 Å². The first-order chi connectivity index (χ1) is 6.58. The molecule has 0 saturated carbocycles. The minimum atomic E-state index is -0.193. The lowest BCUT2D eigenvalue weighted by molar-refractivity contribution is -0.125. The highest BCUT2D eigenvalue weighted by atomic mass is 16.1. The van der Waals surface area contributed by atoms with Gasteiger partial charge in [-0.25, -0.2) is 0 Å². The van der Waals surface area contributed by atoms with E-state index in [2.05, 4.69) is 19.1 Å². The van der Waals surface area contributed by atoms with Crippen LogP contribution in [0.2, 0.25) is 0 Å². The highest BCUT2D eigenvalue weighted by Crippen LogP contribution is 2.27. The Morgan fingerprint density at radius 1 is 1.29 bits per heavy atom. The Kier molecular flexibility index (Phi) is 3.45. The maximum absolute atomic E-state index is 11.5. The summed E-state index contributed by atoms with van der Waals surface area (Å²) in [5.41, 5.74) is 1.05. The van der Waals surface area contributed by atoms with Gasteiger partial charge in [0.1, 0.15) is 5.78 Å². The first kappa shape index (κ1) is 11.0. The fourth-order valence-electron chi connectivity index (χ4n) is 1.54. The van der Waals surface area contributed by atoms with E-state index in [0.29, 0.717) is 0 Å². The average Bonchev–Trinajstić information content (AvgIpc) is 2.19. The molecule has 1 heteroatoms. The van der Waals surface area contributed by atoms with Gasteiger partial charge in [-0.15, -0.1) is 0 Å². The molecule has 1 aromatic carbocycles. The lowest BCUT2D eigenvalue weighted by Gasteiger charge is -2.24. The summed E-state index contributed by atoms with van der Waals surface area (Å²) in [7, 11) is 0. The van der Waals surface area contributed by atoms with Crippen LogP contribution in [-0.4, -0.2) is 5.78 Å². The number of carbonyl (C=O) groups excluding carboxylic acids is 1. The van der Waals surface area contributed by atoms with E-state index in [0.717, 1.165) is 12.8 Å². The van der Waals surface area contributed by atoms with Crippen molar-refractivity contribution in [3.63, 3.8) is 0 Å². The van der Waals surface area contributed by atoms with Crippen LogP contribution in [0, 0.1) is 5.41 Å². The van der Waals surface area contributed by atoms with Crippen molar-refractivity contribution in [2.75, 3.05) is 0 Å². The van der Waals surface area contributed by atoms with Crippen LogP contribution < -0.4 is 0 Å². The molecule has 0 saturated heterocycles. The smallest absolute Gasteiger partial charge is 0.136 e. The van der Waals surface area contributed by atoms with Crippen molar-refractivity contribution < 1.29 is 4.79 Å². The number of rotatable bonds is 4. The summed E-state index contributed by atoms with van der Waals surface area (Å²) in [6.45, 7) is 5.80. The van der Waals surface area contributed by atoms with E-state index in [1.165, 1.54) is 5.56 Å². The molecule has 0 amide bonds. The lowest BCUT2D eigenvalue weighted by Crippen LogP contribution is -2.27. The first-order valence-electron chi connectivity index (χ1n) is 5.13. The van der Waals surface area contributed by atoms with Gasteiger partial charge in [-0.2, -0.15) is 0 Å². The van der Waals surface area contributed by atoms with Crippen LogP contribution in [-0.2, 0) is 11.2 Å². The fourth-order valence-corrected chi connectivity index (χ4v) is 1.54. The zero-order chi connectivity index (χ0) is 10.6. The SMILES string of the molecule is CC[C@](C)(Cc1ccccc1)C(C)=O. The van der Waals surface area contributed by atoms with Gasteiger partial charge in [0, 0.05) is 5.41 Å². The third-order valence-corrected chi connectivity index (χ3v) is 3.07. The summed E-state index contributed by atoms with van der Waals surface area (Å²) in [4.78, 5) is 11.5. The molecule has 14 heavy (non-hydrogen) atoms. The lowest BCUT2D eigenvalue weighted by atomic mass is 9.78. The summed E-state index contributed by atoms with van der Waals surface area (Å²) in [6.07, 6.45) is 1.75. The van der Waals surface area contributed by atoms with Gasteiger partial charge in [-0.1, -0.05) is 44.2 Å². The highest BCUT2D eigenvalue weighted by molar-refractivity contribution is 5.82. The van der Waals surface area contributed by atoms with Crippen LogP contribution in [0.25, 0.3) is 0 Å². The van der Waals surface area contributed by atoms with E-state index < -0.39 is 0 Å². The third-order valence-electron chi connectivity index (χ3n) is 3.07. The van der Waals surface area contributed by atoms with Gasteiger partial charge in [-0.05, 0) is 25.3 Å². The number of hydrogen-bond donors (Lipinski definition) is 0. The second kappa shape index (κ2) is 4.41. The summed E-state index contributed by atoms with van der Waals surface area (Å²) in [5, 5.41) is 0.